The first-order valence-electron chi connectivity index (χ1n) is 17.1. The third-order valence-corrected chi connectivity index (χ3v) is 10.5. The van der Waals surface area contributed by atoms with Gasteiger partial charge in [-0.15, -0.1) is 0 Å². The lowest BCUT2D eigenvalue weighted by Gasteiger charge is -2.22. The highest BCUT2D eigenvalue weighted by molar-refractivity contribution is 6.13. The van der Waals surface area contributed by atoms with Crippen molar-refractivity contribution in [2.45, 2.75) is 19.3 Å². The summed E-state index contributed by atoms with van der Waals surface area (Å²) < 4.78 is 2.45. The van der Waals surface area contributed by atoms with Crippen LogP contribution in [-0.4, -0.2) is 19.5 Å². The lowest BCUT2D eigenvalue weighted by atomic mass is 9.82. The van der Waals surface area contributed by atoms with Crippen LogP contribution in [0.4, 0.5) is 0 Å². The molecule has 0 saturated carbocycles. The maximum atomic E-state index is 5.09. The second-order valence-corrected chi connectivity index (χ2v) is 13.7. The molecule has 0 unspecified atom stereocenters. The van der Waals surface area contributed by atoms with E-state index in [4.69, 9.17) is 15.0 Å². The molecule has 2 heterocycles. The average Bonchev–Trinajstić information content (AvgIpc) is 3.62. The Kier molecular flexibility index (Phi) is 6.19. The monoisotopic (exact) mass is 640 g/mol. The molecule has 2 aromatic heterocycles. The number of benzene rings is 7. The summed E-state index contributed by atoms with van der Waals surface area (Å²) in [7, 11) is 0. The van der Waals surface area contributed by atoms with E-state index in [-0.39, 0.29) is 5.41 Å². The van der Waals surface area contributed by atoms with Gasteiger partial charge in [0.05, 0.1) is 16.7 Å². The maximum absolute atomic E-state index is 5.09. The number of aromatic nitrogens is 4. The second kappa shape index (κ2) is 10.8. The standard InChI is InChI=1S/C46H32N4/c1-46(2)38-23-13-11-20-32(38)36-27-37-34-22-12-14-24-40(34)50(42(37)28-39(36)46)41-26-25-35(31-19-9-10-21-33(31)41)45-48-43(29-15-5-3-6-16-29)47-44(49-45)30-17-7-4-8-18-30/h3-28H,1-2H3. The lowest BCUT2D eigenvalue weighted by molar-refractivity contribution is 0.661. The Morgan fingerprint density at radius 2 is 0.980 bits per heavy atom. The lowest BCUT2D eigenvalue weighted by Crippen LogP contribution is -2.15. The summed E-state index contributed by atoms with van der Waals surface area (Å²) in [5.41, 5.74) is 11.7. The predicted molar refractivity (Wildman–Crippen MR) is 206 cm³/mol. The molecule has 1 aliphatic rings. The number of fused-ring (bicyclic) bond motifs is 7. The van der Waals surface area contributed by atoms with Crippen molar-refractivity contribution >= 4 is 32.6 Å². The fourth-order valence-electron chi connectivity index (χ4n) is 8.02. The molecule has 236 valence electrons. The zero-order valence-corrected chi connectivity index (χ0v) is 27.8. The Hall–Kier alpha value is -6.39. The van der Waals surface area contributed by atoms with E-state index < -0.39 is 0 Å². The van der Waals surface area contributed by atoms with Gasteiger partial charge in [0.15, 0.2) is 17.5 Å². The Morgan fingerprint density at radius 1 is 0.400 bits per heavy atom. The first-order chi connectivity index (χ1) is 24.6. The SMILES string of the molecule is CC1(C)c2ccccc2-c2cc3c4ccccc4n(-c4ccc(-c5nc(-c6ccccc6)nc(-c6ccccc6)n5)c5ccccc45)c3cc21. The highest BCUT2D eigenvalue weighted by atomic mass is 15.0. The van der Waals surface area contributed by atoms with Gasteiger partial charge in [-0.05, 0) is 58.0 Å². The van der Waals surface area contributed by atoms with Crippen molar-refractivity contribution in [3.63, 3.8) is 0 Å². The smallest absolute Gasteiger partial charge is 0.164 e. The summed E-state index contributed by atoms with van der Waals surface area (Å²) >= 11 is 0. The summed E-state index contributed by atoms with van der Waals surface area (Å²) in [5, 5.41) is 4.74. The molecule has 0 aliphatic heterocycles. The molecule has 0 fully saturated rings. The zero-order valence-electron chi connectivity index (χ0n) is 27.8. The molecule has 7 aromatic carbocycles. The van der Waals surface area contributed by atoms with Crippen LogP contribution in [0.15, 0.2) is 158 Å². The normalized spacial score (nSPS) is 13.2. The van der Waals surface area contributed by atoms with Gasteiger partial charge < -0.3 is 4.57 Å². The fourth-order valence-corrected chi connectivity index (χ4v) is 8.02. The first kappa shape index (κ1) is 28.6. The highest BCUT2D eigenvalue weighted by Gasteiger charge is 2.36. The third-order valence-electron chi connectivity index (χ3n) is 10.5. The van der Waals surface area contributed by atoms with E-state index in [9.17, 15) is 0 Å². The molecule has 0 bridgehead atoms. The first-order valence-corrected chi connectivity index (χ1v) is 17.1. The van der Waals surface area contributed by atoms with E-state index in [1.54, 1.807) is 0 Å². The molecule has 50 heavy (non-hydrogen) atoms. The minimum Gasteiger partial charge on any atom is -0.309 e. The van der Waals surface area contributed by atoms with Crippen LogP contribution in [-0.2, 0) is 5.41 Å². The van der Waals surface area contributed by atoms with Gasteiger partial charge in [-0.2, -0.15) is 0 Å². The Morgan fingerprint density at radius 3 is 1.70 bits per heavy atom. The maximum Gasteiger partial charge on any atom is 0.164 e. The van der Waals surface area contributed by atoms with Crippen LogP contribution in [0.2, 0.25) is 0 Å². The van der Waals surface area contributed by atoms with Crippen molar-refractivity contribution < 1.29 is 0 Å². The Bertz CT molecular complexity index is 2720. The van der Waals surface area contributed by atoms with Crippen molar-refractivity contribution in [3.8, 4) is 51.0 Å². The molecule has 4 nitrogen and oxygen atoms in total. The number of hydrogen-bond acceptors (Lipinski definition) is 3. The number of hydrogen-bond donors (Lipinski definition) is 0. The molecule has 4 heteroatoms. The minimum absolute atomic E-state index is 0.0983. The van der Waals surface area contributed by atoms with E-state index in [1.807, 2.05) is 60.7 Å². The van der Waals surface area contributed by atoms with Gasteiger partial charge >= 0.3 is 0 Å². The van der Waals surface area contributed by atoms with Crippen LogP contribution in [0.25, 0.3) is 83.6 Å². The molecular weight excluding hydrogens is 609 g/mol. The van der Waals surface area contributed by atoms with Crippen molar-refractivity contribution in [1.29, 1.82) is 0 Å². The van der Waals surface area contributed by atoms with Gasteiger partial charge in [0.1, 0.15) is 0 Å². The largest absolute Gasteiger partial charge is 0.309 e. The predicted octanol–water partition coefficient (Wildman–Crippen LogP) is 11.4. The average molecular weight is 641 g/mol. The van der Waals surface area contributed by atoms with Gasteiger partial charge in [0.25, 0.3) is 0 Å². The molecule has 0 amide bonds. The van der Waals surface area contributed by atoms with Crippen molar-refractivity contribution in [2.75, 3.05) is 0 Å². The van der Waals surface area contributed by atoms with Crippen LogP contribution in [0, 0.1) is 0 Å². The van der Waals surface area contributed by atoms with Crippen LogP contribution < -0.4 is 0 Å². The zero-order chi connectivity index (χ0) is 33.4. The van der Waals surface area contributed by atoms with E-state index in [0.717, 1.165) is 33.2 Å². The molecular formula is C46H32N4. The summed E-state index contributed by atoms with van der Waals surface area (Å²) in [6.07, 6.45) is 0. The van der Waals surface area contributed by atoms with E-state index in [0.29, 0.717) is 17.5 Å². The van der Waals surface area contributed by atoms with E-state index in [1.165, 1.54) is 44.1 Å². The Labute approximate surface area is 290 Å². The van der Waals surface area contributed by atoms with Crippen molar-refractivity contribution in [1.82, 2.24) is 19.5 Å². The highest BCUT2D eigenvalue weighted by Crippen LogP contribution is 2.51. The molecule has 0 atom stereocenters. The van der Waals surface area contributed by atoms with Gasteiger partial charge in [-0.25, -0.2) is 15.0 Å². The number of nitrogens with zero attached hydrogens (tertiary/aromatic N) is 4. The molecule has 0 spiro atoms. The quantitative estimate of drug-likeness (QED) is 0.192. The molecule has 0 saturated heterocycles. The van der Waals surface area contributed by atoms with Crippen molar-refractivity contribution in [2.24, 2.45) is 0 Å². The summed E-state index contributed by atoms with van der Waals surface area (Å²) in [4.78, 5) is 15.1. The summed E-state index contributed by atoms with van der Waals surface area (Å²) in [5.74, 6) is 1.96. The van der Waals surface area contributed by atoms with Crippen molar-refractivity contribution in [3.05, 3.63) is 169 Å². The third kappa shape index (κ3) is 4.21. The summed E-state index contributed by atoms with van der Waals surface area (Å²) in [6, 6.07) is 55.9. The van der Waals surface area contributed by atoms with Gasteiger partial charge in [0, 0.05) is 38.3 Å². The molecule has 1 aliphatic carbocycles. The topological polar surface area (TPSA) is 43.6 Å². The molecule has 0 N–H and O–H groups in total. The van der Waals surface area contributed by atoms with Crippen LogP contribution in [0.3, 0.4) is 0 Å². The molecule has 0 radical (unpaired) electrons. The van der Waals surface area contributed by atoms with Gasteiger partial charge in [0.2, 0.25) is 0 Å². The van der Waals surface area contributed by atoms with Crippen LogP contribution in [0.1, 0.15) is 25.0 Å². The number of rotatable bonds is 4. The molecule has 10 rings (SSSR count). The van der Waals surface area contributed by atoms with Crippen LogP contribution in [0.5, 0.6) is 0 Å². The number of para-hydroxylation sites is 1. The van der Waals surface area contributed by atoms with Gasteiger partial charge in [-0.1, -0.05) is 141 Å². The second-order valence-electron chi connectivity index (χ2n) is 13.7. The van der Waals surface area contributed by atoms with E-state index >= 15 is 0 Å². The molecule has 9 aromatic rings. The van der Waals surface area contributed by atoms with Crippen LogP contribution >= 0.6 is 0 Å². The fraction of sp³-hybridized carbons (Fsp3) is 0.0652. The van der Waals surface area contributed by atoms with E-state index in [2.05, 4.69) is 115 Å². The Balaban J connectivity index is 1.23. The minimum atomic E-state index is -0.0983. The summed E-state index contributed by atoms with van der Waals surface area (Å²) in [6.45, 7) is 4.70. The van der Waals surface area contributed by atoms with Gasteiger partial charge in [-0.3, -0.25) is 0 Å².